The number of rotatable bonds is 9. The summed E-state index contributed by atoms with van der Waals surface area (Å²) in [5, 5.41) is 9.36. The highest BCUT2D eigenvalue weighted by molar-refractivity contribution is 5.91. The number of carbonyl (C=O) groups is 1. The van der Waals surface area contributed by atoms with E-state index in [0.717, 1.165) is 40.4 Å². The van der Waals surface area contributed by atoms with E-state index in [-0.39, 0.29) is 5.97 Å². The topological polar surface area (TPSA) is 62.6 Å². The minimum atomic E-state index is -0.362. The van der Waals surface area contributed by atoms with Gasteiger partial charge >= 0.3 is 5.97 Å². The SMILES string of the molecule is CCOC(=O)c1cccc(N(/C(COc2ccccc2)=C(\C)CC)c2ccc(C#N)cc2C)c1. The van der Waals surface area contributed by atoms with Crippen LogP contribution in [-0.4, -0.2) is 19.2 Å². The van der Waals surface area contributed by atoms with E-state index in [1.807, 2.05) is 73.7 Å². The molecule has 174 valence electrons. The summed E-state index contributed by atoms with van der Waals surface area (Å²) < 4.78 is 11.4. The van der Waals surface area contributed by atoms with Crippen molar-refractivity contribution in [3.8, 4) is 11.8 Å². The lowest BCUT2D eigenvalue weighted by molar-refractivity contribution is 0.0526. The summed E-state index contributed by atoms with van der Waals surface area (Å²) in [5.74, 6) is 0.416. The highest BCUT2D eigenvalue weighted by atomic mass is 16.5. The zero-order chi connectivity index (χ0) is 24.5. The Morgan fingerprint density at radius 2 is 1.76 bits per heavy atom. The number of para-hydroxylation sites is 1. The van der Waals surface area contributed by atoms with Crippen LogP contribution in [0.15, 0.2) is 84.1 Å². The monoisotopic (exact) mass is 454 g/mol. The van der Waals surface area contributed by atoms with Crippen molar-refractivity contribution in [3.05, 3.63) is 101 Å². The lowest BCUT2D eigenvalue weighted by atomic mass is 10.0. The first-order valence-electron chi connectivity index (χ1n) is 11.4. The van der Waals surface area contributed by atoms with E-state index in [1.54, 1.807) is 13.0 Å². The molecule has 0 aliphatic carbocycles. The van der Waals surface area contributed by atoms with Gasteiger partial charge in [-0.3, -0.25) is 0 Å². The van der Waals surface area contributed by atoms with Crippen molar-refractivity contribution in [1.29, 1.82) is 5.26 Å². The number of benzene rings is 3. The average Bonchev–Trinajstić information content (AvgIpc) is 2.87. The summed E-state index contributed by atoms with van der Waals surface area (Å²) in [6.45, 7) is 8.62. The Bertz CT molecular complexity index is 1210. The second-order valence-electron chi connectivity index (χ2n) is 7.90. The van der Waals surface area contributed by atoms with Crippen LogP contribution in [0.1, 0.15) is 48.7 Å². The minimum absolute atomic E-state index is 0.312. The summed E-state index contributed by atoms with van der Waals surface area (Å²) in [6.07, 6.45) is 0.830. The maximum absolute atomic E-state index is 12.5. The standard InChI is InChI=1S/C29H30N2O3/c1-5-21(3)28(20-34-26-13-8-7-9-14-26)31(27-16-15-23(19-30)17-22(27)4)25-12-10-11-24(18-25)29(32)33-6-2/h7-18H,5-6,20H2,1-4H3/b28-21+. The molecule has 0 aliphatic rings. The Kier molecular flexibility index (Phi) is 8.48. The quantitative estimate of drug-likeness (QED) is 0.328. The Balaban J connectivity index is 2.14. The second kappa shape index (κ2) is 11.7. The van der Waals surface area contributed by atoms with E-state index in [1.165, 1.54) is 0 Å². The predicted molar refractivity (Wildman–Crippen MR) is 135 cm³/mol. The number of hydrogen-bond donors (Lipinski definition) is 0. The van der Waals surface area contributed by atoms with Crippen molar-refractivity contribution in [2.75, 3.05) is 18.1 Å². The molecule has 3 aromatic carbocycles. The van der Waals surface area contributed by atoms with Gasteiger partial charge in [0.15, 0.2) is 0 Å². The molecule has 0 saturated carbocycles. The molecule has 0 bridgehead atoms. The molecular weight excluding hydrogens is 424 g/mol. The van der Waals surface area contributed by atoms with Gasteiger partial charge in [0.25, 0.3) is 0 Å². The van der Waals surface area contributed by atoms with E-state index in [0.29, 0.717) is 24.3 Å². The molecule has 5 heteroatoms. The van der Waals surface area contributed by atoms with Crippen molar-refractivity contribution in [3.63, 3.8) is 0 Å². The number of allylic oxidation sites excluding steroid dienone is 1. The van der Waals surface area contributed by atoms with Crippen molar-refractivity contribution >= 4 is 17.3 Å². The molecule has 0 amide bonds. The van der Waals surface area contributed by atoms with Gasteiger partial charge in [-0.05, 0) is 81.3 Å². The smallest absolute Gasteiger partial charge is 0.338 e. The van der Waals surface area contributed by atoms with E-state index in [9.17, 15) is 10.1 Å². The highest BCUT2D eigenvalue weighted by Gasteiger charge is 2.21. The zero-order valence-corrected chi connectivity index (χ0v) is 20.2. The number of ether oxygens (including phenoxy) is 2. The van der Waals surface area contributed by atoms with Crippen molar-refractivity contribution in [1.82, 2.24) is 0 Å². The molecule has 0 heterocycles. The van der Waals surface area contributed by atoms with Crippen LogP contribution >= 0.6 is 0 Å². The van der Waals surface area contributed by atoms with Gasteiger partial charge in [0.1, 0.15) is 12.4 Å². The van der Waals surface area contributed by atoms with Crippen LogP contribution in [0, 0.1) is 18.3 Å². The van der Waals surface area contributed by atoms with Gasteiger partial charge in [-0.1, -0.05) is 36.8 Å². The first-order valence-corrected chi connectivity index (χ1v) is 11.4. The second-order valence-corrected chi connectivity index (χ2v) is 7.90. The summed E-state index contributed by atoms with van der Waals surface area (Å²) in [5.41, 5.74) is 5.88. The predicted octanol–water partition coefficient (Wildman–Crippen LogP) is 6.94. The van der Waals surface area contributed by atoms with Crippen LogP contribution in [0.2, 0.25) is 0 Å². The van der Waals surface area contributed by atoms with Crippen molar-refractivity contribution < 1.29 is 14.3 Å². The molecule has 3 rings (SSSR count). The third-order valence-corrected chi connectivity index (χ3v) is 5.59. The van der Waals surface area contributed by atoms with E-state index >= 15 is 0 Å². The number of nitrogens with zero attached hydrogens (tertiary/aromatic N) is 2. The van der Waals surface area contributed by atoms with Gasteiger partial charge in [-0.15, -0.1) is 0 Å². The van der Waals surface area contributed by atoms with E-state index < -0.39 is 0 Å². The van der Waals surface area contributed by atoms with Crippen LogP contribution in [0.4, 0.5) is 11.4 Å². The first-order chi connectivity index (χ1) is 16.5. The molecular formula is C29H30N2O3. The molecule has 34 heavy (non-hydrogen) atoms. The number of anilines is 2. The highest BCUT2D eigenvalue weighted by Crippen LogP contribution is 2.35. The molecule has 0 unspecified atom stereocenters. The molecule has 0 N–H and O–H groups in total. The third kappa shape index (κ3) is 5.85. The summed E-state index contributed by atoms with van der Waals surface area (Å²) in [4.78, 5) is 14.6. The molecule has 0 aromatic heterocycles. The van der Waals surface area contributed by atoms with E-state index in [2.05, 4.69) is 24.8 Å². The van der Waals surface area contributed by atoms with Gasteiger partial charge < -0.3 is 14.4 Å². The average molecular weight is 455 g/mol. The first kappa shape index (κ1) is 24.6. The fraction of sp³-hybridized carbons (Fsp3) is 0.241. The molecule has 0 radical (unpaired) electrons. The molecule has 0 atom stereocenters. The van der Waals surface area contributed by atoms with Crippen LogP contribution in [0.25, 0.3) is 0 Å². The Morgan fingerprint density at radius 3 is 2.41 bits per heavy atom. The van der Waals surface area contributed by atoms with Gasteiger partial charge in [-0.2, -0.15) is 5.26 Å². The third-order valence-electron chi connectivity index (χ3n) is 5.59. The van der Waals surface area contributed by atoms with Crippen LogP contribution in [-0.2, 0) is 4.74 Å². The Hall–Kier alpha value is -4.04. The van der Waals surface area contributed by atoms with Gasteiger partial charge in [0, 0.05) is 11.4 Å². The largest absolute Gasteiger partial charge is 0.487 e. The van der Waals surface area contributed by atoms with E-state index in [4.69, 9.17) is 9.47 Å². The van der Waals surface area contributed by atoms with Gasteiger partial charge in [-0.25, -0.2) is 4.79 Å². The molecule has 3 aromatic rings. The van der Waals surface area contributed by atoms with Crippen LogP contribution in [0.3, 0.4) is 0 Å². The summed E-state index contributed by atoms with van der Waals surface area (Å²) >= 11 is 0. The number of aryl methyl sites for hydroxylation is 1. The molecule has 0 saturated heterocycles. The summed E-state index contributed by atoms with van der Waals surface area (Å²) in [7, 11) is 0. The number of carbonyl (C=O) groups excluding carboxylic acids is 1. The lowest BCUT2D eigenvalue weighted by Gasteiger charge is -2.31. The molecule has 0 spiro atoms. The number of nitriles is 1. The number of esters is 1. The van der Waals surface area contributed by atoms with Gasteiger partial charge in [0.05, 0.1) is 29.5 Å². The fourth-order valence-electron chi connectivity index (χ4n) is 3.65. The maximum atomic E-state index is 12.5. The number of hydrogen-bond acceptors (Lipinski definition) is 5. The van der Waals surface area contributed by atoms with Crippen molar-refractivity contribution in [2.24, 2.45) is 0 Å². The normalized spacial score (nSPS) is 11.3. The molecule has 0 aliphatic heterocycles. The zero-order valence-electron chi connectivity index (χ0n) is 20.2. The summed E-state index contributed by atoms with van der Waals surface area (Å²) in [6, 6.07) is 24.9. The minimum Gasteiger partial charge on any atom is -0.487 e. The lowest BCUT2D eigenvalue weighted by Crippen LogP contribution is -2.24. The van der Waals surface area contributed by atoms with Crippen LogP contribution < -0.4 is 9.64 Å². The fourth-order valence-corrected chi connectivity index (χ4v) is 3.65. The Labute approximate surface area is 201 Å². The molecule has 0 fully saturated rings. The van der Waals surface area contributed by atoms with Crippen LogP contribution in [0.5, 0.6) is 5.75 Å². The maximum Gasteiger partial charge on any atom is 0.338 e. The van der Waals surface area contributed by atoms with Crippen molar-refractivity contribution in [2.45, 2.75) is 34.1 Å². The Morgan fingerprint density at radius 1 is 1.00 bits per heavy atom. The van der Waals surface area contributed by atoms with Gasteiger partial charge in [0.2, 0.25) is 0 Å². The molecule has 5 nitrogen and oxygen atoms in total.